The molecule has 100 valence electrons. The molecular formula is C17H20BrN. The maximum absolute atomic E-state index is 3.53. The molecule has 3 rings (SSSR count). The smallest absolute Gasteiger partial charge is 0.0373 e. The first-order valence-corrected chi connectivity index (χ1v) is 7.89. The van der Waals surface area contributed by atoms with Crippen LogP contribution in [0.1, 0.15) is 26.7 Å². The lowest BCUT2D eigenvalue weighted by atomic mass is 9.75. The molecule has 0 radical (unpaired) electrons. The lowest BCUT2D eigenvalue weighted by Crippen LogP contribution is -2.55. The van der Waals surface area contributed by atoms with Gasteiger partial charge in [-0.3, -0.25) is 0 Å². The third-order valence-electron chi connectivity index (χ3n) is 4.70. The Bertz CT molecular complexity index is 593. The summed E-state index contributed by atoms with van der Waals surface area (Å²) in [6.07, 6.45) is 2.58. The molecule has 1 nitrogen and oxygen atoms in total. The van der Waals surface area contributed by atoms with Gasteiger partial charge in [0.1, 0.15) is 0 Å². The predicted molar refractivity (Wildman–Crippen MR) is 86.9 cm³/mol. The number of hydrogen-bond acceptors (Lipinski definition) is 1. The summed E-state index contributed by atoms with van der Waals surface area (Å²) in [4.78, 5) is 2.51. The predicted octanol–water partition coefficient (Wildman–Crippen LogP) is 5.23. The summed E-state index contributed by atoms with van der Waals surface area (Å²) in [7, 11) is 0. The summed E-state index contributed by atoms with van der Waals surface area (Å²) in [6.45, 7) is 7.06. The SMILES string of the molecule is CCC1(CC)CN(c2ccc3cc(Br)ccc3c2)C1. The zero-order chi connectivity index (χ0) is 13.5. The molecule has 0 aliphatic carbocycles. The van der Waals surface area contributed by atoms with Gasteiger partial charge in [0, 0.05) is 28.7 Å². The fraction of sp³-hybridized carbons (Fsp3) is 0.412. The molecule has 0 atom stereocenters. The average Bonchev–Trinajstić information content (AvgIpc) is 2.39. The van der Waals surface area contributed by atoms with E-state index in [1.807, 2.05) is 0 Å². The minimum Gasteiger partial charge on any atom is -0.370 e. The molecule has 1 fully saturated rings. The van der Waals surface area contributed by atoms with Crippen LogP contribution in [0.15, 0.2) is 40.9 Å². The molecule has 2 aromatic rings. The van der Waals surface area contributed by atoms with Crippen molar-refractivity contribution in [2.75, 3.05) is 18.0 Å². The van der Waals surface area contributed by atoms with E-state index in [-0.39, 0.29) is 0 Å². The van der Waals surface area contributed by atoms with Crippen LogP contribution in [0.2, 0.25) is 0 Å². The normalized spacial score (nSPS) is 17.5. The van der Waals surface area contributed by atoms with Crippen molar-refractivity contribution in [1.82, 2.24) is 0 Å². The molecule has 1 aliphatic heterocycles. The van der Waals surface area contributed by atoms with E-state index in [0.717, 1.165) is 4.47 Å². The van der Waals surface area contributed by atoms with Crippen LogP contribution in [0.4, 0.5) is 5.69 Å². The van der Waals surface area contributed by atoms with Gasteiger partial charge in [0.2, 0.25) is 0 Å². The van der Waals surface area contributed by atoms with E-state index in [0.29, 0.717) is 5.41 Å². The van der Waals surface area contributed by atoms with Crippen LogP contribution in [-0.4, -0.2) is 13.1 Å². The molecule has 0 N–H and O–H groups in total. The standard InChI is InChI=1S/C17H20BrN/c1-3-17(4-2)11-19(12-17)16-8-6-13-9-15(18)7-5-14(13)10-16/h5-10H,3-4,11-12H2,1-2H3. The van der Waals surface area contributed by atoms with Crippen molar-refractivity contribution in [3.05, 3.63) is 40.9 Å². The molecule has 0 aromatic heterocycles. The average molecular weight is 318 g/mol. The fourth-order valence-corrected chi connectivity index (χ4v) is 3.42. The summed E-state index contributed by atoms with van der Waals surface area (Å²) in [6, 6.07) is 13.3. The van der Waals surface area contributed by atoms with Crippen molar-refractivity contribution >= 4 is 32.4 Å². The topological polar surface area (TPSA) is 3.24 Å². The number of anilines is 1. The quantitative estimate of drug-likeness (QED) is 0.749. The number of nitrogens with zero attached hydrogens (tertiary/aromatic N) is 1. The molecule has 0 saturated carbocycles. The Labute approximate surface area is 123 Å². The monoisotopic (exact) mass is 317 g/mol. The minimum absolute atomic E-state index is 0.564. The highest BCUT2D eigenvalue weighted by Gasteiger charge is 2.39. The van der Waals surface area contributed by atoms with Crippen LogP contribution in [0.3, 0.4) is 0 Å². The maximum atomic E-state index is 3.53. The van der Waals surface area contributed by atoms with E-state index in [2.05, 4.69) is 71.1 Å². The first kappa shape index (κ1) is 13.0. The van der Waals surface area contributed by atoms with E-state index in [9.17, 15) is 0 Å². The highest BCUT2D eigenvalue weighted by Crippen LogP contribution is 2.40. The van der Waals surface area contributed by atoms with Crippen LogP contribution >= 0.6 is 15.9 Å². The van der Waals surface area contributed by atoms with Crippen LogP contribution in [0.25, 0.3) is 10.8 Å². The van der Waals surface area contributed by atoms with E-state index >= 15 is 0 Å². The first-order valence-electron chi connectivity index (χ1n) is 7.10. The molecular weight excluding hydrogens is 298 g/mol. The highest BCUT2D eigenvalue weighted by atomic mass is 79.9. The van der Waals surface area contributed by atoms with Crippen molar-refractivity contribution in [2.45, 2.75) is 26.7 Å². The summed E-state index contributed by atoms with van der Waals surface area (Å²) < 4.78 is 1.15. The third kappa shape index (κ3) is 2.27. The van der Waals surface area contributed by atoms with Crippen molar-refractivity contribution in [3.8, 4) is 0 Å². The van der Waals surface area contributed by atoms with Gasteiger partial charge in [0.15, 0.2) is 0 Å². The van der Waals surface area contributed by atoms with Crippen molar-refractivity contribution in [2.24, 2.45) is 5.41 Å². The molecule has 2 aromatic carbocycles. The molecule has 1 heterocycles. The van der Waals surface area contributed by atoms with E-state index in [1.165, 1.54) is 42.4 Å². The molecule has 19 heavy (non-hydrogen) atoms. The molecule has 0 spiro atoms. The molecule has 1 aliphatic rings. The molecule has 0 amide bonds. The second-order valence-electron chi connectivity index (χ2n) is 5.74. The first-order chi connectivity index (χ1) is 9.15. The van der Waals surface area contributed by atoms with E-state index in [4.69, 9.17) is 0 Å². The van der Waals surface area contributed by atoms with Crippen molar-refractivity contribution in [1.29, 1.82) is 0 Å². The van der Waals surface area contributed by atoms with Crippen molar-refractivity contribution in [3.63, 3.8) is 0 Å². The third-order valence-corrected chi connectivity index (χ3v) is 5.20. The number of hydrogen-bond donors (Lipinski definition) is 0. The van der Waals surface area contributed by atoms with Gasteiger partial charge in [-0.05, 0) is 47.9 Å². The van der Waals surface area contributed by atoms with E-state index in [1.54, 1.807) is 0 Å². The minimum atomic E-state index is 0.564. The van der Waals surface area contributed by atoms with Gasteiger partial charge in [-0.25, -0.2) is 0 Å². The van der Waals surface area contributed by atoms with Gasteiger partial charge in [-0.2, -0.15) is 0 Å². The number of benzene rings is 2. The summed E-state index contributed by atoms with van der Waals surface area (Å²) in [5.41, 5.74) is 1.93. The van der Waals surface area contributed by atoms with Gasteiger partial charge in [-0.1, -0.05) is 41.9 Å². The summed E-state index contributed by atoms with van der Waals surface area (Å²) in [5, 5.41) is 2.63. The Kier molecular flexibility index (Phi) is 3.30. The van der Waals surface area contributed by atoms with Gasteiger partial charge >= 0.3 is 0 Å². The number of rotatable bonds is 3. The van der Waals surface area contributed by atoms with Gasteiger partial charge in [0.05, 0.1) is 0 Å². The fourth-order valence-electron chi connectivity index (χ4n) is 3.04. The number of halogens is 1. The van der Waals surface area contributed by atoms with Crippen LogP contribution < -0.4 is 4.90 Å². The van der Waals surface area contributed by atoms with Crippen LogP contribution in [0.5, 0.6) is 0 Å². The lowest BCUT2D eigenvalue weighted by molar-refractivity contribution is 0.194. The Hall–Kier alpha value is -1.02. The lowest BCUT2D eigenvalue weighted by Gasteiger charge is -2.51. The van der Waals surface area contributed by atoms with Gasteiger partial charge < -0.3 is 4.90 Å². The highest BCUT2D eigenvalue weighted by molar-refractivity contribution is 9.10. The van der Waals surface area contributed by atoms with Gasteiger partial charge in [0.25, 0.3) is 0 Å². The second kappa shape index (κ2) is 4.82. The second-order valence-corrected chi connectivity index (χ2v) is 6.65. The summed E-state index contributed by atoms with van der Waals surface area (Å²) in [5.74, 6) is 0. The van der Waals surface area contributed by atoms with Crippen LogP contribution in [0, 0.1) is 5.41 Å². The summed E-state index contributed by atoms with van der Waals surface area (Å²) >= 11 is 3.53. The van der Waals surface area contributed by atoms with Gasteiger partial charge in [-0.15, -0.1) is 0 Å². The largest absolute Gasteiger partial charge is 0.370 e. The zero-order valence-electron chi connectivity index (χ0n) is 11.6. The van der Waals surface area contributed by atoms with Crippen LogP contribution in [-0.2, 0) is 0 Å². The molecule has 0 unspecified atom stereocenters. The van der Waals surface area contributed by atoms with E-state index < -0.39 is 0 Å². The maximum Gasteiger partial charge on any atom is 0.0373 e. The zero-order valence-corrected chi connectivity index (χ0v) is 13.2. The Morgan fingerprint density at radius 2 is 1.63 bits per heavy atom. The van der Waals surface area contributed by atoms with Crippen molar-refractivity contribution < 1.29 is 0 Å². The molecule has 2 heteroatoms. The Balaban J connectivity index is 1.86. The molecule has 1 saturated heterocycles. The Morgan fingerprint density at radius 1 is 1.00 bits per heavy atom. The molecule has 0 bridgehead atoms. The Morgan fingerprint density at radius 3 is 2.32 bits per heavy atom. The number of fused-ring (bicyclic) bond motifs is 1.